The zero-order valence-corrected chi connectivity index (χ0v) is 46.8. The lowest BCUT2D eigenvalue weighted by Gasteiger charge is -2.48. The van der Waals surface area contributed by atoms with Crippen molar-refractivity contribution in [2.45, 2.75) is 247 Å². The number of carbonyl (C=O) groups excluding carboxylic acids is 1. The summed E-state index contributed by atoms with van der Waals surface area (Å²) in [5.74, 6) is -0.352. The number of hydrogen-bond donors (Lipinski definition) is 12. The van der Waals surface area contributed by atoms with Crippen molar-refractivity contribution < 1.29 is 89.4 Å². The third-order valence-electron chi connectivity index (χ3n) is 13.8. The first-order valence-electron chi connectivity index (χ1n) is 29.0. The van der Waals surface area contributed by atoms with Crippen LogP contribution in [0, 0.1) is 0 Å². The van der Waals surface area contributed by atoms with Gasteiger partial charge in [-0.2, -0.15) is 0 Å². The van der Waals surface area contributed by atoms with Gasteiger partial charge in [-0.15, -0.1) is 0 Å². The fourth-order valence-corrected chi connectivity index (χ4v) is 9.08. The molecule has 17 atom stereocenters. The van der Waals surface area contributed by atoms with Gasteiger partial charge in [-0.05, 0) is 83.5 Å². The van der Waals surface area contributed by atoms with E-state index in [1.54, 1.807) is 12.2 Å². The number of aliphatic hydroxyl groups excluding tert-OH is 11. The Morgan fingerprint density at radius 3 is 1.42 bits per heavy atom. The minimum atomic E-state index is -1.99. The largest absolute Gasteiger partial charge is 0.394 e. The highest BCUT2D eigenvalue weighted by Gasteiger charge is 2.53. The van der Waals surface area contributed by atoms with Gasteiger partial charge in [0, 0.05) is 6.42 Å². The van der Waals surface area contributed by atoms with E-state index in [4.69, 9.17) is 28.4 Å². The van der Waals surface area contributed by atoms with Crippen LogP contribution in [0.3, 0.4) is 0 Å². The summed E-state index contributed by atoms with van der Waals surface area (Å²) in [4.78, 5) is 13.3. The molecule has 0 aromatic heterocycles. The van der Waals surface area contributed by atoms with Crippen molar-refractivity contribution in [2.24, 2.45) is 0 Å². The number of aliphatic hydroxyl groups is 11. The molecule has 3 aliphatic heterocycles. The summed E-state index contributed by atoms with van der Waals surface area (Å²) < 4.78 is 34.1. The second kappa shape index (κ2) is 42.5. The molecule has 3 saturated heterocycles. The van der Waals surface area contributed by atoms with Gasteiger partial charge in [0.1, 0.15) is 73.2 Å². The summed E-state index contributed by atoms with van der Waals surface area (Å²) in [5, 5.41) is 120. The van der Waals surface area contributed by atoms with Gasteiger partial charge in [0.15, 0.2) is 18.9 Å². The Balaban J connectivity index is 1.56. The molecular formula is C60H99NO18. The highest BCUT2D eigenvalue weighted by Crippen LogP contribution is 2.33. The number of allylic oxidation sites excluding steroid dienone is 15. The average Bonchev–Trinajstić information content (AvgIpc) is 3.54. The third kappa shape index (κ3) is 26.7. The van der Waals surface area contributed by atoms with Crippen LogP contribution in [0.15, 0.2) is 97.2 Å². The first-order chi connectivity index (χ1) is 38.3. The first kappa shape index (κ1) is 70.0. The van der Waals surface area contributed by atoms with Gasteiger partial charge in [0.2, 0.25) is 5.91 Å². The van der Waals surface area contributed by atoms with Gasteiger partial charge < -0.3 is 89.9 Å². The molecule has 3 heterocycles. The van der Waals surface area contributed by atoms with Crippen LogP contribution in [0.4, 0.5) is 0 Å². The van der Waals surface area contributed by atoms with Gasteiger partial charge in [0.25, 0.3) is 0 Å². The van der Waals surface area contributed by atoms with Crippen molar-refractivity contribution in [3.05, 3.63) is 97.2 Å². The van der Waals surface area contributed by atoms with Crippen molar-refractivity contribution in [3.63, 3.8) is 0 Å². The lowest BCUT2D eigenvalue weighted by atomic mass is 9.96. The SMILES string of the molecule is CC/C=C\C/C=C\C/C=C\C/C=C\C/C=C\CCCC(=O)NC(COC1OC(CO)C(OC2OC(CO)C(OC3OC(CO)C(O)C(O)C3O)C(O)C2O)C(O)C1O)C(O)/C=C/CC/C=C/CC/C=C/CCCCCCCCC. The molecule has 17 unspecified atom stereocenters. The molecule has 12 N–H and O–H groups in total. The van der Waals surface area contributed by atoms with E-state index < -0.39 is 131 Å². The minimum Gasteiger partial charge on any atom is -0.394 e. The normalized spacial score (nSPS) is 31.0. The van der Waals surface area contributed by atoms with Crippen molar-refractivity contribution in [1.29, 1.82) is 0 Å². The van der Waals surface area contributed by atoms with Gasteiger partial charge in [-0.25, -0.2) is 0 Å². The van der Waals surface area contributed by atoms with Crippen LogP contribution in [-0.2, 0) is 33.2 Å². The van der Waals surface area contributed by atoms with Crippen LogP contribution in [-0.4, -0.2) is 193 Å². The maximum Gasteiger partial charge on any atom is 0.220 e. The molecule has 0 bridgehead atoms. The maximum absolute atomic E-state index is 13.3. The molecule has 0 aliphatic carbocycles. The number of amides is 1. The molecule has 0 aromatic carbocycles. The maximum atomic E-state index is 13.3. The highest BCUT2D eigenvalue weighted by atomic mass is 16.8. The van der Waals surface area contributed by atoms with Crippen LogP contribution in [0.2, 0.25) is 0 Å². The number of unbranched alkanes of at least 4 members (excludes halogenated alkanes) is 10. The molecule has 1 amide bonds. The molecular weight excluding hydrogens is 1020 g/mol. The number of carbonyl (C=O) groups is 1. The fraction of sp³-hybridized carbons (Fsp3) is 0.717. The summed E-state index contributed by atoms with van der Waals surface area (Å²) in [6.07, 6.45) is 25.4. The topological polar surface area (TPSA) is 307 Å². The Morgan fingerprint density at radius 2 is 0.886 bits per heavy atom. The Bertz CT molecular complexity index is 1820. The molecule has 0 aromatic rings. The van der Waals surface area contributed by atoms with Crippen LogP contribution in [0.1, 0.15) is 142 Å². The number of nitrogens with one attached hydrogen (secondary N) is 1. The average molecular weight is 1120 g/mol. The Morgan fingerprint density at radius 1 is 0.468 bits per heavy atom. The fourth-order valence-electron chi connectivity index (χ4n) is 9.08. The zero-order chi connectivity index (χ0) is 57.6. The second-order valence-electron chi connectivity index (χ2n) is 20.3. The minimum absolute atomic E-state index is 0.148. The van der Waals surface area contributed by atoms with E-state index in [0.717, 1.165) is 57.8 Å². The van der Waals surface area contributed by atoms with E-state index in [9.17, 15) is 61.0 Å². The molecule has 0 spiro atoms. The van der Waals surface area contributed by atoms with Crippen molar-refractivity contribution >= 4 is 5.91 Å². The van der Waals surface area contributed by atoms with Crippen LogP contribution in [0.25, 0.3) is 0 Å². The van der Waals surface area contributed by atoms with E-state index in [0.29, 0.717) is 19.3 Å². The van der Waals surface area contributed by atoms with Crippen molar-refractivity contribution in [1.82, 2.24) is 5.32 Å². The van der Waals surface area contributed by atoms with E-state index in [1.807, 2.05) is 12.2 Å². The summed E-state index contributed by atoms with van der Waals surface area (Å²) >= 11 is 0. The standard InChI is InChI=1S/C60H99NO18/c1-3-5-7-9-11-13-15-17-19-21-23-25-27-29-31-33-35-37-44(65)43(61-48(66)38-36-34-32-30-28-26-24-22-20-18-16-14-12-10-8-6-4-2)42-74-58-54(72)51(69)56(46(40-63)76-58)79-60-55(73)52(70)57(47(41-64)77-60)78-59-53(71)50(68)49(67)45(39-62)75-59/h6,8,12,14,18-21,24,26-27,29-30,32,35,37,43-47,49-60,62-65,67-73H,3-5,7,9-11,13,15-17,22-23,25,28,31,33-34,36,38-42H2,1-2H3,(H,61,66)/b8-6-,14-12-,20-18-,21-19+,26-24-,29-27+,32-30-,37-35+. The van der Waals surface area contributed by atoms with Crippen molar-refractivity contribution in [2.75, 3.05) is 26.4 Å². The van der Waals surface area contributed by atoms with Crippen molar-refractivity contribution in [3.8, 4) is 0 Å². The summed E-state index contributed by atoms with van der Waals surface area (Å²) in [6.45, 7) is 1.49. The zero-order valence-electron chi connectivity index (χ0n) is 46.8. The first-order valence-corrected chi connectivity index (χ1v) is 29.0. The monoisotopic (exact) mass is 1120 g/mol. The van der Waals surface area contributed by atoms with E-state index in [1.165, 1.54) is 44.9 Å². The van der Waals surface area contributed by atoms with Crippen LogP contribution >= 0.6 is 0 Å². The Labute approximate surface area is 469 Å². The van der Waals surface area contributed by atoms with E-state index >= 15 is 0 Å². The number of hydrogen-bond acceptors (Lipinski definition) is 18. The second-order valence-corrected chi connectivity index (χ2v) is 20.3. The number of rotatable bonds is 40. The quantitative estimate of drug-likeness (QED) is 0.0295. The predicted octanol–water partition coefficient (Wildman–Crippen LogP) is 4.59. The molecule has 19 nitrogen and oxygen atoms in total. The van der Waals surface area contributed by atoms with Gasteiger partial charge in [-0.3, -0.25) is 4.79 Å². The van der Waals surface area contributed by atoms with E-state index in [2.05, 4.69) is 92.1 Å². The molecule has 3 rings (SSSR count). The molecule has 3 fully saturated rings. The molecule has 0 saturated carbocycles. The van der Waals surface area contributed by atoms with Gasteiger partial charge in [-0.1, -0.05) is 150 Å². The molecule has 452 valence electrons. The van der Waals surface area contributed by atoms with E-state index in [-0.39, 0.29) is 12.3 Å². The predicted molar refractivity (Wildman–Crippen MR) is 300 cm³/mol. The van der Waals surface area contributed by atoms with Crippen LogP contribution in [0.5, 0.6) is 0 Å². The molecule has 0 radical (unpaired) electrons. The Hall–Kier alpha value is -3.29. The molecule has 79 heavy (non-hydrogen) atoms. The van der Waals surface area contributed by atoms with Gasteiger partial charge in [0.05, 0.1) is 38.6 Å². The van der Waals surface area contributed by atoms with Gasteiger partial charge >= 0.3 is 0 Å². The van der Waals surface area contributed by atoms with Crippen LogP contribution < -0.4 is 5.32 Å². The smallest absolute Gasteiger partial charge is 0.220 e. The number of ether oxygens (including phenoxy) is 6. The third-order valence-corrected chi connectivity index (χ3v) is 13.8. The molecule has 19 heteroatoms. The lowest BCUT2D eigenvalue weighted by molar-refractivity contribution is -0.379. The summed E-state index contributed by atoms with van der Waals surface area (Å²) in [7, 11) is 0. The summed E-state index contributed by atoms with van der Waals surface area (Å²) in [5.41, 5.74) is 0. The summed E-state index contributed by atoms with van der Waals surface area (Å²) in [6, 6.07) is -1.03. The molecule has 3 aliphatic rings. The Kier molecular flexibility index (Phi) is 37.7. The lowest BCUT2D eigenvalue weighted by Crippen LogP contribution is -2.66. The highest BCUT2D eigenvalue weighted by molar-refractivity contribution is 5.76.